The molecule has 2 heteroatoms. The number of rotatable bonds is 3. The molecule has 0 atom stereocenters. The van der Waals surface area contributed by atoms with Crippen LogP contribution in [-0.4, -0.2) is 18.3 Å². The Balaban J connectivity index is 0.000000671. The Morgan fingerprint density at radius 2 is 1.69 bits per heavy atom. The van der Waals surface area contributed by atoms with Crippen LogP contribution in [0.15, 0.2) is 0 Å². The lowest BCUT2D eigenvalue weighted by molar-refractivity contribution is 0.137. The highest BCUT2D eigenvalue weighted by Gasteiger charge is 2.29. The summed E-state index contributed by atoms with van der Waals surface area (Å²) in [5.74, 6) is 0. The monoisotopic (exact) mass is 187 g/mol. The predicted molar refractivity (Wildman–Crippen MR) is 57.6 cm³/mol. The van der Waals surface area contributed by atoms with Gasteiger partial charge in [0, 0.05) is 6.61 Å². The fourth-order valence-electron chi connectivity index (χ4n) is 2.10. The van der Waals surface area contributed by atoms with E-state index in [1.165, 1.54) is 32.1 Å². The molecular weight excluding hydrogens is 162 g/mol. The second kappa shape index (κ2) is 7.34. The highest BCUT2D eigenvalue weighted by Crippen LogP contribution is 2.37. The summed E-state index contributed by atoms with van der Waals surface area (Å²) < 4.78 is 0. The van der Waals surface area contributed by atoms with Gasteiger partial charge in [-0.2, -0.15) is 0 Å². The minimum absolute atomic E-state index is 0.299. The molecule has 0 aromatic rings. The van der Waals surface area contributed by atoms with Gasteiger partial charge >= 0.3 is 0 Å². The van der Waals surface area contributed by atoms with Gasteiger partial charge in [0.05, 0.1) is 0 Å². The van der Waals surface area contributed by atoms with Crippen LogP contribution in [0.3, 0.4) is 0 Å². The van der Waals surface area contributed by atoms with Crippen LogP contribution in [0.2, 0.25) is 0 Å². The van der Waals surface area contributed by atoms with Crippen LogP contribution in [0.25, 0.3) is 0 Å². The van der Waals surface area contributed by atoms with Crippen molar-refractivity contribution in [3.63, 3.8) is 0 Å². The molecule has 1 fully saturated rings. The molecule has 1 rings (SSSR count). The van der Waals surface area contributed by atoms with Crippen molar-refractivity contribution in [3.8, 4) is 0 Å². The lowest BCUT2D eigenvalue weighted by atomic mass is 9.72. The highest BCUT2D eigenvalue weighted by molar-refractivity contribution is 4.83. The molecule has 0 aromatic heterocycles. The van der Waals surface area contributed by atoms with E-state index in [1.807, 2.05) is 13.8 Å². The zero-order chi connectivity index (χ0) is 10.2. The molecule has 80 valence electrons. The van der Waals surface area contributed by atoms with Gasteiger partial charge in [0.25, 0.3) is 0 Å². The first-order valence-corrected chi connectivity index (χ1v) is 5.64. The van der Waals surface area contributed by atoms with Crippen LogP contribution < -0.4 is 5.73 Å². The number of aliphatic hydroxyl groups is 1. The molecule has 3 N–H and O–H groups in total. The van der Waals surface area contributed by atoms with Crippen molar-refractivity contribution in [3.05, 3.63) is 0 Å². The molecule has 0 amide bonds. The van der Waals surface area contributed by atoms with Gasteiger partial charge in [0.1, 0.15) is 0 Å². The third-order valence-corrected chi connectivity index (χ3v) is 2.99. The zero-order valence-electron chi connectivity index (χ0n) is 9.18. The quantitative estimate of drug-likeness (QED) is 0.712. The van der Waals surface area contributed by atoms with E-state index in [0.717, 1.165) is 13.0 Å². The molecule has 0 spiro atoms. The van der Waals surface area contributed by atoms with Gasteiger partial charge in [-0.05, 0) is 31.2 Å². The fourth-order valence-corrected chi connectivity index (χ4v) is 2.10. The van der Waals surface area contributed by atoms with Gasteiger partial charge in [0.2, 0.25) is 0 Å². The van der Waals surface area contributed by atoms with Crippen molar-refractivity contribution in [1.82, 2.24) is 0 Å². The summed E-state index contributed by atoms with van der Waals surface area (Å²) in [6.07, 6.45) is 7.32. The first-order chi connectivity index (χ1) is 6.33. The lowest BCUT2D eigenvalue weighted by Crippen LogP contribution is -2.33. The van der Waals surface area contributed by atoms with Crippen LogP contribution in [0.4, 0.5) is 0 Å². The molecule has 0 bridgehead atoms. The topological polar surface area (TPSA) is 46.2 Å². The third-order valence-electron chi connectivity index (χ3n) is 2.99. The summed E-state index contributed by atoms with van der Waals surface area (Å²) >= 11 is 0. The maximum atomic E-state index is 8.86. The molecule has 1 aliphatic carbocycles. The fraction of sp³-hybridized carbons (Fsp3) is 1.00. The summed E-state index contributed by atoms with van der Waals surface area (Å²) in [6, 6.07) is 0. The van der Waals surface area contributed by atoms with Gasteiger partial charge in [-0.25, -0.2) is 0 Å². The largest absolute Gasteiger partial charge is 0.396 e. The minimum atomic E-state index is 0.299. The predicted octanol–water partition coefficient (Wildman–Crippen LogP) is 2.30. The first kappa shape index (κ1) is 12.9. The Morgan fingerprint density at radius 1 is 1.15 bits per heavy atom. The van der Waals surface area contributed by atoms with Crippen LogP contribution >= 0.6 is 0 Å². The van der Waals surface area contributed by atoms with Gasteiger partial charge in [-0.3, -0.25) is 0 Å². The SMILES string of the molecule is CC.NCC1(CCO)CCCCC1. The van der Waals surface area contributed by atoms with Crippen LogP contribution in [0, 0.1) is 5.41 Å². The first-order valence-electron chi connectivity index (χ1n) is 5.64. The van der Waals surface area contributed by atoms with Crippen molar-refractivity contribution >= 4 is 0 Å². The summed E-state index contributed by atoms with van der Waals surface area (Å²) in [4.78, 5) is 0. The lowest BCUT2D eigenvalue weighted by Gasteiger charge is -2.35. The van der Waals surface area contributed by atoms with Crippen LogP contribution in [0.5, 0.6) is 0 Å². The Kier molecular flexibility index (Phi) is 7.29. The van der Waals surface area contributed by atoms with Crippen molar-refractivity contribution in [2.24, 2.45) is 11.1 Å². The van der Waals surface area contributed by atoms with Gasteiger partial charge in [-0.15, -0.1) is 0 Å². The van der Waals surface area contributed by atoms with E-state index in [2.05, 4.69) is 0 Å². The van der Waals surface area contributed by atoms with E-state index in [0.29, 0.717) is 12.0 Å². The van der Waals surface area contributed by atoms with E-state index in [4.69, 9.17) is 10.8 Å². The average molecular weight is 187 g/mol. The molecule has 0 saturated heterocycles. The molecular formula is C11H25NO. The second-order valence-electron chi connectivity index (χ2n) is 3.74. The Bertz CT molecular complexity index is 103. The molecule has 1 saturated carbocycles. The third kappa shape index (κ3) is 4.10. The van der Waals surface area contributed by atoms with Crippen LogP contribution in [0.1, 0.15) is 52.4 Å². The Hall–Kier alpha value is -0.0800. The molecule has 1 aliphatic rings. The summed E-state index contributed by atoms with van der Waals surface area (Å²) in [5, 5.41) is 8.86. The maximum Gasteiger partial charge on any atom is 0.0436 e. The summed E-state index contributed by atoms with van der Waals surface area (Å²) in [7, 11) is 0. The molecule has 2 nitrogen and oxygen atoms in total. The number of hydrogen-bond acceptors (Lipinski definition) is 2. The zero-order valence-corrected chi connectivity index (χ0v) is 9.18. The normalized spacial score (nSPS) is 20.3. The standard InChI is InChI=1S/C9H19NO.C2H6/c10-8-9(6-7-11)4-2-1-3-5-9;1-2/h11H,1-8,10H2;1-2H3. The number of nitrogens with two attached hydrogens (primary N) is 1. The minimum Gasteiger partial charge on any atom is -0.396 e. The van der Waals surface area contributed by atoms with Crippen LogP contribution in [-0.2, 0) is 0 Å². The van der Waals surface area contributed by atoms with Crippen molar-refractivity contribution in [2.75, 3.05) is 13.2 Å². The van der Waals surface area contributed by atoms with E-state index in [-0.39, 0.29) is 0 Å². The van der Waals surface area contributed by atoms with E-state index in [9.17, 15) is 0 Å². The smallest absolute Gasteiger partial charge is 0.0436 e. The van der Waals surface area contributed by atoms with E-state index in [1.54, 1.807) is 0 Å². The van der Waals surface area contributed by atoms with Gasteiger partial charge in [0.15, 0.2) is 0 Å². The maximum absolute atomic E-state index is 8.86. The Morgan fingerprint density at radius 3 is 2.08 bits per heavy atom. The average Bonchev–Trinajstić information content (AvgIpc) is 2.23. The summed E-state index contributed by atoms with van der Waals surface area (Å²) in [6.45, 7) is 5.06. The Labute approximate surface area is 82.5 Å². The van der Waals surface area contributed by atoms with Crippen molar-refractivity contribution in [2.45, 2.75) is 52.4 Å². The number of aliphatic hydroxyl groups excluding tert-OH is 1. The highest BCUT2D eigenvalue weighted by atomic mass is 16.3. The number of hydrogen-bond donors (Lipinski definition) is 2. The van der Waals surface area contributed by atoms with E-state index < -0.39 is 0 Å². The molecule has 0 radical (unpaired) electrons. The molecule has 0 unspecified atom stereocenters. The van der Waals surface area contributed by atoms with Gasteiger partial charge < -0.3 is 10.8 Å². The van der Waals surface area contributed by atoms with E-state index >= 15 is 0 Å². The molecule has 13 heavy (non-hydrogen) atoms. The van der Waals surface area contributed by atoms with Crippen molar-refractivity contribution in [1.29, 1.82) is 0 Å². The molecule has 0 heterocycles. The molecule has 0 aromatic carbocycles. The summed E-state index contributed by atoms with van der Waals surface area (Å²) in [5.41, 5.74) is 6.01. The molecule has 0 aliphatic heterocycles. The second-order valence-corrected chi connectivity index (χ2v) is 3.74. The van der Waals surface area contributed by atoms with Crippen molar-refractivity contribution < 1.29 is 5.11 Å². The van der Waals surface area contributed by atoms with Gasteiger partial charge in [-0.1, -0.05) is 33.1 Å².